The molecule has 0 saturated carbocycles. The first-order valence-electron chi connectivity index (χ1n) is 11.1. The van der Waals surface area contributed by atoms with Crippen LogP contribution in [0.4, 0.5) is 0 Å². The second-order valence-electron chi connectivity index (χ2n) is 8.45. The molecule has 0 aromatic heterocycles. The summed E-state index contributed by atoms with van der Waals surface area (Å²) in [5.41, 5.74) is 4.08. The van der Waals surface area contributed by atoms with E-state index in [1.807, 2.05) is 71.9 Å². The van der Waals surface area contributed by atoms with Crippen molar-refractivity contribution in [1.82, 2.24) is 10.2 Å². The number of hydrogen-bond donors (Lipinski definition) is 1. The summed E-state index contributed by atoms with van der Waals surface area (Å²) in [6, 6.07) is 10.9. The minimum absolute atomic E-state index is 0.0144. The highest BCUT2D eigenvalue weighted by atomic mass is 16.5. The molecule has 1 atom stereocenters. The molecular formula is C26H36N2O4. The van der Waals surface area contributed by atoms with Crippen molar-refractivity contribution >= 4 is 11.8 Å². The molecule has 0 fully saturated rings. The van der Waals surface area contributed by atoms with Crippen molar-refractivity contribution in [2.24, 2.45) is 0 Å². The van der Waals surface area contributed by atoms with E-state index in [0.29, 0.717) is 17.9 Å². The number of rotatable bonds is 10. The first kappa shape index (κ1) is 25.2. The van der Waals surface area contributed by atoms with Crippen LogP contribution in [0.25, 0.3) is 0 Å². The minimum atomic E-state index is -0.597. The van der Waals surface area contributed by atoms with Crippen molar-refractivity contribution in [3.05, 3.63) is 58.7 Å². The first-order valence-corrected chi connectivity index (χ1v) is 11.1. The van der Waals surface area contributed by atoms with Crippen molar-refractivity contribution in [3.63, 3.8) is 0 Å². The lowest BCUT2D eigenvalue weighted by Gasteiger charge is -2.31. The lowest BCUT2D eigenvalue weighted by Crippen LogP contribution is -2.51. The van der Waals surface area contributed by atoms with Gasteiger partial charge in [-0.3, -0.25) is 9.59 Å². The van der Waals surface area contributed by atoms with Gasteiger partial charge in [0.25, 0.3) is 5.91 Å². The maximum absolute atomic E-state index is 13.3. The lowest BCUT2D eigenvalue weighted by molar-refractivity contribution is -0.143. The Morgan fingerprint density at radius 1 is 1.09 bits per heavy atom. The smallest absolute Gasteiger partial charge is 0.261 e. The monoisotopic (exact) mass is 440 g/mol. The Morgan fingerprint density at radius 3 is 2.44 bits per heavy atom. The summed E-state index contributed by atoms with van der Waals surface area (Å²) >= 11 is 0. The van der Waals surface area contributed by atoms with Crippen LogP contribution in [0, 0.1) is 20.8 Å². The summed E-state index contributed by atoms with van der Waals surface area (Å²) in [4.78, 5) is 27.8. The topological polar surface area (TPSA) is 67.9 Å². The molecule has 2 aromatic carbocycles. The van der Waals surface area contributed by atoms with Crippen LogP contribution in [0.15, 0.2) is 36.4 Å². The Kier molecular flexibility index (Phi) is 9.12. The number of nitrogens with one attached hydrogen (secondary N) is 1. The SMILES string of the molecule is CC[C@@H](C(=O)NC(C)C)N(Cc1cccc(OC)c1)C(=O)COc1cc(C)cc(C)c1C. The van der Waals surface area contributed by atoms with E-state index >= 15 is 0 Å². The van der Waals surface area contributed by atoms with E-state index in [-0.39, 0.29) is 31.0 Å². The van der Waals surface area contributed by atoms with Crippen molar-refractivity contribution in [2.45, 2.75) is 66.6 Å². The van der Waals surface area contributed by atoms with Gasteiger partial charge in [-0.1, -0.05) is 25.1 Å². The molecule has 2 amide bonds. The molecular weight excluding hydrogens is 404 g/mol. The van der Waals surface area contributed by atoms with Gasteiger partial charge in [0.1, 0.15) is 17.5 Å². The summed E-state index contributed by atoms with van der Waals surface area (Å²) in [7, 11) is 1.60. The quantitative estimate of drug-likeness (QED) is 0.597. The fourth-order valence-corrected chi connectivity index (χ4v) is 3.64. The van der Waals surface area contributed by atoms with Crippen LogP contribution in [0.3, 0.4) is 0 Å². The number of nitrogens with zero attached hydrogens (tertiary/aromatic N) is 1. The highest BCUT2D eigenvalue weighted by Crippen LogP contribution is 2.24. The summed E-state index contributed by atoms with van der Waals surface area (Å²) in [6.07, 6.45) is 0.497. The molecule has 0 bridgehead atoms. The van der Waals surface area contributed by atoms with Gasteiger partial charge in [0.2, 0.25) is 5.91 Å². The Morgan fingerprint density at radius 2 is 1.81 bits per heavy atom. The van der Waals surface area contributed by atoms with Gasteiger partial charge in [-0.05, 0) is 81.5 Å². The average Bonchev–Trinajstić information content (AvgIpc) is 2.74. The van der Waals surface area contributed by atoms with Crippen LogP contribution >= 0.6 is 0 Å². The average molecular weight is 441 g/mol. The number of benzene rings is 2. The third kappa shape index (κ3) is 6.74. The van der Waals surface area contributed by atoms with Crippen LogP contribution in [-0.4, -0.2) is 42.5 Å². The minimum Gasteiger partial charge on any atom is -0.497 e. The van der Waals surface area contributed by atoms with Crippen LogP contribution in [0.5, 0.6) is 11.5 Å². The Balaban J connectivity index is 2.29. The standard InChI is InChI=1S/C26H36N2O4/c1-8-23(26(30)27-17(2)3)28(15-21-10-9-11-22(14-21)31-7)25(29)16-32-24-13-18(4)12-19(5)20(24)6/h9-14,17,23H,8,15-16H2,1-7H3,(H,27,30)/t23-/m0/s1. The molecule has 0 aliphatic heterocycles. The van der Waals surface area contributed by atoms with E-state index in [0.717, 1.165) is 22.3 Å². The number of carbonyl (C=O) groups is 2. The number of aryl methyl sites for hydroxylation is 2. The first-order chi connectivity index (χ1) is 15.2. The molecule has 0 saturated heterocycles. The van der Waals surface area contributed by atoms with Gasteiger partial charge < -0.3 is 19.7 Å². The number of amides is 2. The molecule has 0 heterocycles. The second-order valence-corrected chi connectivity index (χ2v) is 8.45. The van der Waals surface area contributed by atoms with Gasteiger partial charge in [0.05, 0.1) is 7.11 Å². The van der Waals surface area contributed by atoms with E-state index in [1.54, 1.807) is 12.0 Å². The van der Waals surface area contributed by atoms with Crippen LogP contribution in [-0.2, 0) is 16.1 Å². The zero-order valence-electron chi connectivity index (χ0n) is 20.3. The van der Waals surface area contributed by atoms with E-state index in [2.05, 4.69) is 11.4 Å². The molecule has 0 spiro atoms. The summed E-state index contributed by atoms with van der Waals surface area (Å²) in [5.74, 6) is 0.993. The normalized spacial score (nSPS) is 11.8. The van der Waals surface area contributed by atoms with Crippen molar-refractivity contribution in [2.75, 3.05) is 13.7 Å². The molecule has 2 aromatic rings. The lowest BCUT2D eigenvalue weighted by atomic mass is 10.1. The van der Waals surface area contributed by atoms with E-state index in [9.17, 15) is 9.59 Å². The van der Waals surface area contributed by atoms with Gasteiger partial charge in [-0.25, -0.2) is 0 Å². The van der Waals surface area contributed by atoms with E-state index < -0.39 is 6.04 Å². The Bertz CT molecular complexity index is 939. The van der Waals surface area contributed by atoms with Gasteiger partial charge >= 0.3 is 0 Å². The van der Waals surface area contributed by atoms with Crippen molar-refractivity contribution in [1.29, 1.82) is 0 Å². The highest BCUT2D eigenvalue weighted by molar-refractivity contribution is 5.88. The van der Waals surface area contributed by atoms with Crippen LogP contribution in [0.1, 0.15) is 49.4 Å². The molecule has 0 unspecified atom stereocenters. The van der Waals surface area contributed by atoms with Crippen LogP contribution < -0.4 is 14.8 Å². The molecule has 0 radical (unpaired) electrons. The zero-order chi connectivity index (χ0) is 23.8. The van der Waals surface area contributed by atoms with Crippen molar-refractivity contribution in [3.8, 4) is 11.5 Å². The third-order valence-electron chi connectivity index (χ3n) is 5.42. The predicted molar refractivity (Wildman–Crippen MR) is 127 cm³/mol. The predicted octanol–water partition coefficient (Wildman–Crippen LogP) is 4.33. The molecule has 2 rings (SSSR count). The van der Waals surface area contributed by atoms with Gasteiger partial charge in [0, 0.05) is 12.6 Å². The number of methoxy groups -OCH3 is 1. The summed E-state index contributed by atoms with van der Waals surface area (Å²) in [6.45, 7) is 11.9. The fraction of sp³-hybridized carbons (Fsp3) is 0.462. The van der Waals surface area contributed by atoms with Gasteiger partial charge in [-0.15, -0.1) is 0 Å². The maximum Gasteiger partial charge on any atom is 0.261 e. The molecule has 6 nitrogen and oxygen atoms in total. The largest absolute Gasteiger partial charge is 0.497 e. The number of carbonyl (C=O) groups excluding carboxylic acids is 2. The van der Waals surface area contributed by atoms with E-state index in [1.165, 1.54) is 0 Å². The molecule has 0 aliphatic carbocycles. The fourth-order valence-electron chi connectivity index (χ4n) is 3.64. The molecule has 1 N–H and O–H groups in total. The zero-order valence-corrected chi connectivity index (χ0v) is 20.3. The van der Waals surface area contributed by atoms with Crippen LogP contribution in [0.2, 0.25) is 0 Å². The molecule has 6 heteroatoms. The van der Waals surface area contributed by atoms with E-state index in [4.69, 9.17) is 9.47 Å². The number of hydrogen-bond acceptors (Lipinski definition) is 4. The highest BCUT2D eigenvalue weighted by Gasteiger charge is 2.29. The second kappa shape index (κ2) is 11.6. The van der Waals surface area contributed by atoms with Gasteiger partial charge in [-0.2, -0.15) is 0 Å². The Labute approximate surface area is 191 Å². The number of ether oxygens (including phenoxy) is 2. The van der Waals surface area contributed by atoms with Crippen molar-refractivity contribution < 1.29 is 19.1 Å². The molecule has 0 aliphatic rings. The molecule has 32 heavy (non-hydrogen) atoms. The summed E-state index contributed by atoms with van der Waals surface area (Å²) < 4.78 is 11.2. The van der Waals surface area contributed by atoms with Gasteiger partial charge in [0.15, 0.2) is 6.61 Å². The summed E-state index contributed by atoms with van der Waals surface area (Å²) in [5, 5.41) is 2.94. The maximum atomic E-state index is 13.3. The molecule has 174 valence electrons. The Hall–Kier alpha value is -3.02. The third-order valence-corrected chi connectivity index (χ3v) is 5.42.